The van der Waals surface area contributed by atoms with Gasteiger partial charge in [0, 0.05) is 11.8 Å². The van der Waals surface area contributed by atoms with Gasteiger partial charge in [0.1, 0.15) is 0 Å². The summed E-state index contributed by atoms with van der Waals surface area (Å²) in [7, 11) is 0. The Morgan fingerprint density at radius 2 is 1.80 bits per heavy atom. The molecule has 0 unspecified atom stereocenters. The molecule has 0 aromatic carbocycles. The summed E-state index contributed by atoms with van der Waals surface area (Å²) < 4.78 is 1.18. The molecular formula is C11H13NO3. The fourth-order valence-corrected chi connectivity index (χ4v) is 1.50. The maximum Gasteiger partial charge on any atom is 0.254 e. The van der Waals surface area contributed by atoms with Gasteiger partial charge in [0.2, 0.25) is 0 Å². The second-order valence-electron chi connectivity index (χ2n) is 3.53. The number of Topliss-reactive ketones (excluding diaryl/α,β-unsaturated/α-hetero) is 2. The molecule has 4 heteroatoms. The van der Waals surface area contributed by atoms with E-state index in [-0.39, 0.29) is 17.1 Å². The van der Waals surface area contributed by atoms with E-state index in [0.29, 0.717) is 5.56 Å². The highest BCUT2D eigenvalue weighted by atomic mass is 16.2. The number of aromatic nitrogens is 1. The van der Waals surface area contributed by atoms with Gasteiger partial charge in [-0.2, -0.15) is 0 Å². The molecule has 1 rings (SSSR count). The van der Waals surface area contributed by atoms with E-state index in [4.69, 9.17) is 0 Å². The van der Waals surface area contributed by atoms with Crippen molar-refractivity contribution in [2.24, 2.45) is 0 Å². The van der Waals surface area contributed by atoms with E-state index in [1.807, 2.05) is 0 Å². The second-order valence-corrected chi connectivity index (χ2v) is 3.53. The Morgan fingerprint density at radius 3 is 2.27 bits per heavy atom. The van der Waals surface area contributed by atoms with Crippen LogP contribution in [0.3, 0.4) is 0 Å². The molecule has 1 heterocycles. The molecule has 1 aromatic rings. The van der Waals surface area contributed by atoms with E-state index >= 15 is 0 Å². The van der Waals surface area contributed by atoms with Crippen LogP contribution in [0.15, 0.2) is 23.1 Å². The highest BCUT2D eigenvalue weighted by Gasteiger charge is 2.22. The molecule has 0 saturated heterocycles. The summed E-state index contributed by atoms with van der Waals surface area (Å²) in [4.78, 5) is 34.2. The van der Waals surface area contributed by atoms with Crippen LogP contribution in [0.4, 0.5) is 0 Å². The Hall–Kier alpha value is -1.71. The number of hydrogen-bond donors (Lipinski definition) is 0. The first-order valence-electron chi connectivity index (χ1n) is 4.64. The van der Waals surface area contributed by atoms with Crippen molar-refractivity contribution >= 4 is 11.6 Å². The van der Waals surface area contributed by atoms with E-state index in [2.05, 4.69) is 0 Å². The molecule has 0 N–H and O–H groups in total. The molecule has 0 aliphatic carbocycles. The SMILES string of the molecule is CC(=O)C(C(C)=O)n1cccc(C)c1=O. The molecule has 80 valence electrons. The zero-order chi connectivity index (χ0) is 11.6. The summed E-state index contributed by atoms with van der Waals surface area (Å²) in [6.45, 7) is 4.26. The smallest absolute Gasteiger partial charge is 0.254 e. The van der Waals surface area contributed by atoms with Crippen LogP contribution in [0.5, 0.6) is 0 Å². The third kappa shape index (κ3) is 2.21. The Kier molecular flexibility index (Phi) is 3.19. The fraction of sp³-hybridized carbons (Fsp3) is 0.364. The van der Waals surface area contributed by atoms with Crippen LogP contribution >= 0.6 is 0 Å². The summed E-state index contributed by atoms with van der Waals surface area (Å²) in [5, 5.41) is 0. The first kappa shape index (κ1) is 11.4. The molecule has 0 spiro atoms. The van der Waals surface area contributed by atoms with Crippen molar-refractivity contribution < 1.29 is 9.59 Å². The number of rotatable bonds is 3. The maximum absolute atomic E-state index is 11.7. The lowest BCUT2D eigenvalue weighted by Crippen LogP contribution is -2.33. The monoisotopic (exact) mass is 207 g/mol. The average molecular weight is 207 g/mol. The topological polar surface area (TPSA) is 56.1 Å². The zero-order valence-electron chi connectivity index (χ0n) is 8.98. The number of carbonyl (C=O) groups excluding carboxylic acids is 2. The van der Waals surface area contributed by atoms with Crippen molar-refractivity contribution in [3.8, 4) is 0 Å². The Labute approximate surface area is 87.5 Å². The molecule has 0 amide bonds. The maximum atomic E-state index is 11.7. The van der Waals surface area contributed by atoms with Gasteiger partial charge >= 0.3 is 0 Å². The third-order valence-corrected chi connectivity index (χ3v) is 2.21. The second kappa shape index (κ2) is 4.21. The lowest BCUT2D eigenvalue weighted by molar-refractivity contribution is -0.129. The van der Waals surface area contributed by atoms with Gasteiger partial charge in [-0.15, -0.1) is 0 Å². The van der Waals surface area contributed by atoms with E-state index in [1.54, 1.807) is 19.1 Å². The minimum absolute atomic E-state index is 0.298. The van der Waals surface area contributed by atoms with Gasteiger partial charge in [-0.25, -0.2) is 0 Å². The predicted octanol–water partition coefficient (Wildman–Crippen LogP) is 0.876. The molecule has 1 aromatic heterocycles. The van der Waals surface area contributed by atoms with E-state index in [1.165, 1.54) is 24.6 Å². The largest absolute Gasteiger partial charge is 0.298 e. The summed E-state index contributed by atoms with van der Waals surface area (Å²) in [5.41, 5.74) is 0.220. The lowest BCUT2D eigenvalue weighted by Gasteiger charge is -2.13. The Balaban J connectivity index is 3.36. The number of ketones is 2. The van der Waals surface area contributed by atoms with Crippen LogP contribution in [-0.2, 0) is 9.59 Å². The van der Waals surface area contributed by atoms with Crippen LogP contribution < -0.4 is 5.56 Å². The molecule has 0 fully saturated rings. The third-order valence-electron chi connectivity index (χ3n) is 2.21. The standard InChI is InChI=1S/C11H13NO3/c1-7-5-4-6-12(11(7)15)10(8(2)13)9(3)14/h4-6,10H,1-3H3. The van der Waals surface area contributed by atoms with Gasteiger partial charge in [-0.1, -0.05) is 6.07 Å². The summed E-state index contributed by atoms with van der Waals surface area (Å²) in [5.74, 6) is -0.648. The Bertz CT molecular complexity index is 445. The zero-order valence-corrected chi connectivity index (χ0v) is 8.98. The van der Waals surface area contributed by atoms with E-state index < -0.39 is 6.04 Å². The van der Waals surface area contributed by atoms with Crippen LogP contribution in [-0.4, -0.2) is 16.1 Å². The van der Waals surface area contributed by atoms with Crippen molar-refractivity contribution in [2.45, 2.75) is 26.8 Å². The first-order valence-corrected chi connectivity index (χ1v) is 4.64. The van der Waals surface area contributed by atoms with Crippen molar-refractivity contribution in [3.05, 3.63) is 34.2 Å². The molecular weight excluding hydrogens is 194 g/mol. The normalized spacial score (nSPS) is 10.4. The van der Waals surface area contributed by atoms with E-state index in [0.717, 1.165) is 0 Å². The van der Waals surface area contributed by atoms with Crippen molar-refractivity contribution in [3.63, 3.8) is 0 Å². The Morgan fingerprint density at radius 1 is 1.27 bits per heavy atom. The minimum Gasteiger partial charge on any atom is -0.298 e. The average Bonchev–Trinajstić information content (AvgIpc) is 2.11. The molecule has 0 atom stereocenters. The van der Waals surface area contributed by atoms with Crippen LogP contribution in [0.1, 0.15) is 25.5 Å². The molecule has 15 heavy (non-hydrogen) atoms. The van der Waals surface area contributed by atoms with Gasteiger partial charge < -0.3 is 0 Å². The van der Waals surface area contributed by atoms with Gasteiger partial charge in [-0.3, -0.25) is 19.0 Å². The quantitative estimate of drug-likeness (QED) is 0.691. The molecule has 0 aliphatic rings. The molecule has 0 bridgehead atoms. The minimum atomic E-state index is -0.989. The van der Waals surface area contributed by atoms with Gasteiger partial charge in [-0.05, 0) is 26.8 Å². The number of pyridine rings is 1. The van der Waals surface area contributed by atoms with Gasteiger partial charge in [0.15, 0.2) is 17.6 Å². The van der Waals surface area contributed by atoms with Gasteiger partial charge in [0.25, 0.3) is 5.56 Å². The van der Waals surface area contributed by atoms with E-state index in [9.17, 15) is 14.4 Å². The molecule has 4 nitrogen and oxygen atoms in total. The van der Waals surface area contributed by atoms with Crippen LogP contribution in [0.25, 0.3) is 0 Å². The highest BCUT2D eigenvalue weighted by Crippen LogP contribution is 2.06. The number of aryl methyl sites for hydroxylation is 1. The van der Waals surface area contributed by atoms with Crippen molar-refractivity contribution in [1.82, 2.24) is 4.57 Å². The van der Waals surface area contributed by atoms with Crippen LogP contribution in [0.2, 0.25) is 0 Å². The van der Waals surface area contributed by atoms with Crippen molar-refractivity contribution in [2.75, 3.05) is 0 Å². The number of carbonyl (C=O) groups is 2. The van der Waals surface area contributed by atoms with Crippen molar-refractivity contribution in [1.29, 1.82) is 0 Å². The summed E-state index contributed by atoms with van der Waals surface area (Å²) >= 11 is 0. The first-order chi connectivity index (χ1) is 6.95. The number of hydrogen-bond acceptors (Lipinski definition) is 3. The molecule has 0 saturated carbocycles. The fourth-order valence-electron chi connectivity index (χ4n) is 1.50. The molecule has 0 aliphatic heterocycles. The number of nitrogens with zero attached hydrogens (tertiary/aromatic N) is 1. The van der Waals surface area contributed by atoms with Gasteiger partial charge in [0.05, 0.1) is 0 Å². The highest BCUT2D eigenvalue weighted by molar-refractivity contribution is 6.02. The predicted molar refractivity (Wildman–Crippen MR) is 55.8 cm³/mol. The molecule has 0 radical (unpaired) electrons. The lowest BCUT2D eigenvalue weighted by atomic mass is 10.1. The van der Waals surface area contributed by atoms with Crippen LogP contribution in [0, 0.1) is 6.92 Å². The summed E-state index contributed by atoms with van der Waals surface area (Å²) in [6, 6.07) is 2.31. The summed E-state index contributed by atoms with van der Waals surface area (Å²) in [6.07, 6.45) is 1.46.